The Bertz CT molecular complexity index is 1480. The fraction of sp³-hybridized carbons (Fsp3) is 0.548. The van der Waals surface area contributed by atoms with Crippen molar-refractivity contribution < 1.29 is 53.4 Å². The van der Waals surface area contributed by atoms with Crippen LogP contribution >= 0.6 is 0 Å². The number of halogens is 8. The van der Waals surface area contributed by atoms with Gasteiger partial charge in [-0.3, -0.25) is 4.79 Å². The average molecular weight is 685 g/mol. The molecule has 0 bridgehead atoms. The summed E-state index contributed by atoms with van der Waals surface area (Å²) >= 11 is 0. The second kappa shape index (κ2) is 13.5. The largest absolute Gasteiger partial charge is 0.516 e. The number of amides is 1. The van der Waals surface area contributed by atoms with E-state index in [9.17, 15) is 43.9 Å². The number of nitrogens with zero attached hydrogens (tertiary/aromatic N) is 2. The van der Waals surface area contributed by atoms with Crippen molar-refractivity contribution in [2.24, 2.45) is 0 Å². The summed E-state index contributed by atoms with van der Waals surface area (Å²) in [6.45, 7) is 6.71. The van der Waals surface area contributed by atoms with Gasteiger partial charge in [0.05, 0.1) is 12.3 Å². The van der Waals surface area contributed by atoms with Crippen LogP contribution in [-0.2, 0) is 31.5 Å². The van der Waals surface area contributed by atoms with E-state index in [0.29, 0.717) is 25.0 Å². The zero-order chi connectivity index (χ0) is 34.8. The number of pyridine rings is 1. The van der Waals surface area contributed by atoms with E-state index in [2.05, 4.69) is 11.6 Å². The molecule has 2 unspecified atom stereocenters. The summed E-state index contributed by atoms with van der Waals surface area (Å²) in [6, 6.07) is 4.32. The first-order valence-electron chi connectivity index (χ1n) is 14.8. The van der Waals surface area contributed by atoms with Gasteiger partial charge in [-0.05, 0) is 68.2 Å². The Morgan fingerprint density at radius 1 is 1.00 bits per heavy atom. The van der Waals surface area contributed by atoms with Crippen LogP contribution in [0.1, 0.15) is 75.5 Å². The fourth-order valence-corrected chi connectivity index (χ4v) is 9.03. The number of aryl methyl sites for hydroxylation is 1. The van der Waals surface area contributed by atoms with Gasteiger partial charge in [0, 0.05) is 18.3 Å². The molecular weight excluding hydrogens is 648 g/mol. The van der Waals surface area contributed by atoms with E-state index in [4.69, 9.17) is 5.11 Å². The fourth-order valence-electron chi connectivity index (χ4n) is 6.75. The van der Waals surface area contributed by atoms with Crippen molar-refractivity contribution >= 4 is 15.7 Å². The summed E-state index contributed by atoms with van der Waals surface area (Å²) in [4.78, 5) is 18.6. The van der Waals surface area contributed by atoms with Crippen molar-refractivity contribution in [2.45, 2.75) is 105 Å². The first-order chi connectivity index (χ1) is 21.4. The van der Waals surface area contributed by atoms with Crippen LogP contribution in [0.5, 0.6) is 0 Å². The molecule has 46 heavy (non-hydrogen) atoms. The SMILES string of the molecule is C=CO.CC.O=C(N1CCC2(S(=O)(=O)c3ccccn3)c3ccc(C(F)(C(F)(F)F)C(F)(F)F)cc3CCC12)C1(F)CCCCC1. The number of fused-ring (bicyclic) bond motifs is 3. The van der Waals surface area contributed by atoms with Crippen molar-refractivity contribution in [1.29, 1.82) is 0 Å². The summed E-state index contributed by atoms with van der Waals surface area (Å²) in [7, 11) is -4.56. The Kier molecular flexibility index (Phi) is 10.9. The van der Waals surface area contributed by atoms with Gasteiger partial charge in [0.1, 0.15) is 4.75 Å². The minimum atomic E-state index is -6.35. The number of carbonyl (C=O) groups excluding carboxylic acids is 1. The lowest BCUT2D eigenvalue weighted by molar-refractivity contribution is -0.348. The second-order valence-electron chi connectivity index (χ2n) is 11.1. The number of aliphatic hydroxyl groups excluding tert-OH is 1. The molecule has 2 aromatic rings. The summed E-state index contributed by atoms with van der Waals surface area (Å²) in [5, 5.41) is 6.91. The molecule has 1 aliphatic heterocycles. The third kappa shape index (κ3) is 5.99. The molecule has 2 heterocycles. The highest BCUT2D eigenvalue weighted by molar-refractivity contribution is 7.92. The molecule has 1 aromatic heterocycles. The molecule has 2 atom stereocenters. The molecule has 1 N–H and O–H groups in total. The average Bonchev–Trinajstić information content (AvgIpc) is 3.42. The third-order valence-corrected chi connectivity index (χ3v) is 11.2. The molecule has 2 fully saturated rings. The quantitative estimate of drug-likeness (QED) is 0.261. The summed E-state index contributed by atoms with van der Waals surface area (Å²) < 4.78 is 138. The molecule has 0 radical (unpaired) electrons. The summed E-state index contributed by atoms with van der Waals surface area (Å²) in [5.74, 6) is -0.878. The van der Waals surface area contributed by atoms with Crippen LogP contribution in [0.3, 0.4) is 0 Å². The molecule has 15 heteroatoms. The molecule has 1 aromatic carbocycles. The standard InChI is InChI=1S/C27H26F8N2O3S.C2H4O.C2H6/c28-23(11-3-1-4-12-23)22(38)37-15-13-24(41(39,40)21-6-2-5-14-36-21)19-9-8-18(16-17(19)7-10-20(24)37)25(29,26(30,31)32)27(33,34)35;1-2-3;1-2/h2,5-6,8-9,14,16,20H,1,3-4,7,10-13,15H2;2-3H,1H2;1-2H3. The first-order valence-corrected chi connectivity index (χ1v) is 16.3. The van der Waals surface area contributed by atoms with Gasteiger partial charge in [-0.1, -0.05) is 51.1 Å². The van der Waals surface area contributed by atoms with Crippen LogP contribution in [0, 0.1) is 0 Å². The van der Waals surface area contributed by atoms with Gasteiger partial charge in [0.2, 0.25) is 9.84 Å². The van der Waals surface area contributed by atoms with E-state index < -0.39 is 60.8 Å². The molecule has 5 rings (SSSR count). The Labute approximate surface area is 262 Å². The van der Waals surface area contributed by atoms with Crippen LogP contribution < -0.4 is 0 Å². The normalized spacial score (nSPS) is 22.7. The number of aromatic nitrogens is 1. The molecule has 0 spiro atoms. The predicted octanol–water partition coefficient (Wildman–Crippen LogP) is 7.97. The zero-order valence-corrected chi connectivity index (χ0v) is 26.1. The molecule has 256 valence electrons. The minimum absolute atomic E-state index is 0.0392. The molecule has 1 amide bonds. The van der Waals surface area contributed by atoms with Crippen LogP contribution in [0.4, 0.5) is 35.1 Å². The van der Waals surface area contributed by atoms with Crippen molar-refractivity contribution in [1.82, 2.24) is 9.88 Å². The van der Waals surface area contributed by atoms with Crippen molar-refractivity contribution in [3.05, 3.63) is 72.1 Å². The van der Waals surface area contributed by atoms with E-state index in [0.717, 1.165) is 23.6 Å². The lowest BCUT2D eigenvalue weighted by atomic mass is 9.76. The smallest absolute Gasteiger partial charge is 0.435 e. The maximum absolute atomic E-state index is 15.8. The van der Waals surface area contributed by atoms with Crippen LogP contribution in [0.2, 0.25) is 0 Å². The predicted molar refractivity (Wildman–Crippen MR) is 154 cm³/mol. The van der Waals surface area contributed by atoms with Crippen molar-refractivity contribution in [3.8, 4) is 0 Å². The number of benzene rings is 1. The Balaban J connectivity index is 0.00000109. The number of rotatable bonds is 4. The van der Waals surface area contributed by atoms with Crippen LogP contribution in [-0.4, -0.2) is 59.9 Å². The van der Waals surface area contributed by atoms with E-state index >= 15 is 4.39 Å². The van der Waals surface area contributed by atoms with Gasteiger partial charge >= 0.3 is 18.0 Å². The lowest BCUT2D eigenvalue weighted by Crippen LogP contribution is -2.56. The Morgan fingerprint density at radius 2 is 1.59 bits per heavy atom. The maximum atomic E-state index is 15.8. The molecule has 6 nitrogen and oxygen atoms in total. The molecule has 1 saturated heterocycles. The second-order valence-corrected chi connectivity index (χ2v) is 13.3. The Hall–Kier alpha value is -3.23. The highest BCUT2D eigenvalue weighted by Gasteiger charge is 2.74. The van der Waals surface area contributed by atoms with Crippen LogP contribution in [0.25, 0.3) is 0 Å². The van der Waals surface area contributed by atoms with Gasteiger partial charge in [-0.15, -0.1) is 0 Å². The monoisotopic (exact) mass is 684 g/mol. The summed E-state index contributed by atoms with van der Waals surface area (Å²) in [6.07, 6.45) is -9.92. The topological polar surface area (TPSA) is 87.6 Å². The molecular formula is C31H36F8N2O4S. The number of likely N-dealkylation sites (tertiary alicyclic amines) is 1. The van der Waals surface area contributed by atoms with E-state index in [-0.39, 0.29) is 49.8 Å². The van der Waals surface area contributed by atoms with Gasteiger partial charge in [0.15, 0.2) is 10.7 Å². The van der Waals surface area contributed by atoms with Gasteiger partial charge in [-0.2, -0.15) is 26.3 Å². The number of alkyl halides is 8. The van der Waals surface area contributed by atoms with Gasteiger partial charge < -0.3 is 10.0 Å². The van der Waals surface area contributed by atoms with E-state index in [1.807, 2.05) is 13.8 Å². The minimum Gasteiger partial charge on any atom is -0.516 e. The van der Waals surface area contributed by atoms with Crippen molar-refractivity contribution in [2.75, 3.05) is 6.54 Å². The molecule has 3 aliphatic rings. The number of aliphatic hydroxyl groups is 1. The zero-order valence-electron chi connectivity index (χ0n) is 25.3. The van der Waals surface area contributed by atoms with Gasteiger partial charge in [-0.25, -0.2) is 22.2 Å². The Morgan fingerprint density at radius 3 is 2.11 bits per heavy atom. The maximum Gasteiger partial charge on any atom is 0.435 e. The summed E-state index contributed by atoms with van der Waals surface area (Å²) in [5.41, 5.74) is -10.0. The van der Waals surface area contributed by atoms with Crippen molar-refractivity contribution in [3.63, 3.8) is 0 Å². The van der Waals surface area contributed by atoms with E-state index in [1.54, 1.807) is 0 Å². The van der Waals surface area contributed by atoms with Gasteiger partial charge in [0.25, 0.3) is 5.91 Å². The number of carbonyl (C=O) groups is 1. The molecule has 2 aliphatic carbocycles. The first kappa shape index (κ1) is 37.2. The van der Waals surface area contributed by atoms with Crippen LogP contribution in [0.15, 0.2) is 60.5 Å². The number of hydrogen-bond acceptors (Lipinski definition) is 5. The highest BCUT2D eigenvalue weighted by atomic mass is 32.2. The number of hydrogen-bond donors (Lipinski definition) is 1. The highest BCUT2D eigenvalue weighted by Crippen LogP contribution is 2.57. The lowest BCUT2D eigenvalue weighted by Gasteiger charge is -2.44. The third-order valence-electron chi connectivity index (χ3n) is 8.75. The molecule has 1 saturated carbocycles. The van der Waals surface area contributed by atoms with E-state index in [1.165, 1.54) is 24.4 Å². The number of sulfone groups is 1.